The largest absolute Gasteiger partial charge is 0.313 e. The van der Waals surface area contributed by atoms with Crippen LogP contribution in [-0.2, 0) is 0 Å². The number of piperidine rings is 1. The van der Waals surface area contributed by atoms with Crippen LogP contribution in [0.15, 0.2) is 0 Å². The van der Waals surface area contributed by atoms with Crippen LogP contribution in [0.1, 0.15) is 40.0 Å². The van der Waals surface area contributed by atoms with E-state index in [0.717, 1.165) is 12.0 Å². The Morgan fingerprint density at radius 1 is 1.21 bits per heavy atom. The first-order chi connectivity index (χ1) is 6.76. The summed E-state index contributed by atoms with van der Waals surface area (Å²) in [5, 5.41) is 3.65. The van der Waals surface area contributed by atoms with Gasteiger partial charge in [0.1, 0.15) is 0 Å². The van der Waals surface area contributed by atoms with Crippen LogP contribution in [0.4, 0.5) is 0 Å². The first-order valence-electron chi connectivity index (χ1n) is 6.22. The Morgan fingerprint density at radius 3 is 2.64 bits per heavy atom. The molecule has 2 nitrogen and oxygen atoms in total. The van der Waals surface area contributed by atoms with E-state index in [0.29, 0.717) is 0 Å². The van der Waals surface area contributed by atoms with Crippen molar-refractivity contribution in [2.75, 3.05) is 26.2 Å². The van der Waals surface area contributed by atoms with Crippen LogP contribution >= 0.6 is 0 Å². The second-order valence-electron chi connectivity index (χ2n) is 4.75. The minimum Gasteiger partial charge on any atom is -0.313 e. The van der Waals surface area contributed by atoms with Crippen molar-refractivity contribution in [3.63, 3.8) is 0 Å². The van der Waals surface area contributed by atoms with Crippen molar-refractivity contribution < 1.29 is 0 Å². The molecule has 0 aliphatic carbocycles. The zero-order valence-electron chi connectivity index (χ0n) is 10.1. The van der Waals surface area contributed by atoms with Gasteiger partial charge in [0.25, 0.3) is 0 Å². The maximum atomic E-state index is 3.65. The molecular weight excluding hydrogens is 172 g/mol. The van der Waals surface area contributed by atoms with Crippen molar-refractivity contribution in [3.8, 4) is 0 Å². The highest BCUT2D eigenvalue weighted by molar-refractivity contribution is 4.81. The summed E-state index contributed by atoms with van der Waals surface area (Å²) < 4.78 is 0. The van der Waals surface area contributed by atoms with E-state index in [9.17, 15) is 0 Å². The standard InChI is InChI=1S/C12H26N2/c1-4-6-13-12-8-11(3)9-14(10-12)7-5-2/h11-13H,4-10H2,1-3H3. The van der Waals surface area contributed by atoms with Gasteiger partial charge in [0.05, 0.1) is 0 Å². The number of hydrogen-bond donors (Lipinski definition) is 1. The lowest BCUT2D eigenvalue weighted by molar-refractivity contribution is 0.149. The third-order valence-electron chi connectivity index (χ3n) is 2.96. The normalized spacial score (nSPS) is 29.4. The van der Waals surface area contributed by atoms with Crippen LogP contribution in [0.3, 0.4) is 0 Å². The molecule has 2 atom stereocenters. The molecule has 14 heavy (non-hydrogen) atoms. The van der Waals surface area contributed by atoms with Gasteiger partial charge >= 0.3 is 0 Å². The van der Waals surface area contributed by atoms with Crippen LogP contribution < -0.4 is 5.32 Å². The lowest BCUT2D eigenvalue weighted by Crippen LogP contribution is -2.48. The molecule has 2 heteroatoms. The Labute approximate surface area is 89.1 Å². The fourth-order valence-electron chi connectivity index (χ4n) is 2.46. The Hall–Kier alpha value is -0.0800. The van der Waals surface area contributed by atoms with Crippen molar-refractivity contribution >= 4 is 0 Å². The minimum atomic E-state index is 0.741. The van der Waals surface area contributed by atoms with Crippen LogP contribution in [0.5, 0.6) is 0 Å². The Morgan fingerprint density at radius 2 is 2.00 bits per heavy atom. The van der Waals surface area contributed by atoms with Crippen molar-refractivity contribution in [1.82, 2.24) is 10.2 Å². The van der Waals surface area contributed by atoms with Gasteiger partial charge in [0.2, 0.25) is 0 Å². The molecule has 0 saturated carbocycles. The monoisotopic (exact) mass is 198 g/mol. The molecule has 0 radical (unpaired) electrons. The second-order valence-corrected chi connectivity index (χ2v) is 4.75. The summed E-state index contributed by atoms with van der Waals surface area (Å²) in [6, 6.07) is 0.741. The molecule has 0 aromatic heterocycles. The first kappa shape index (κ1) is 12.0. The third-order valence-corrected chi connectivity index (χ3v) is 2.96. The predicted molar refractivity (Wildman–Crippen MR) is 62.6 cm³/mol. The number of nitrogens with zero attached hydrogens (tertiary/aromatic N) is 1. The van der Waals surface area contributed by atoms with Gasteiger partial charge in [-0.05, 0) is 38.3 Å². The Bertz CT molecular complexity index is 147. The zero-order chi connectivity index (χ0) is 10.4. The summed E-state index contributed by atoms with van der Waals surface area (Å²) in [5.41, 5.74) is 0. The van der Waals surface area contributed by atoms with E-state index in [-0.39, 0.29) is 0 Å². The van der Waals surface area contributed by atoms with Gasteiger partial charge in [-0.1, -0.05) is 20.8 Å². The highest BCUT2D eigenvalue weighted by Gasteiger charge is 2.23. The topological polar surface area (TPSA) is 15.3 Å². The molecule has 0 amide bonds. The summed E-state index contributed by atoms with van der Waals surface area (Å²) in [7, 11) is 0. The summed E-state index contributed by atoms with van der Waals surface area (Å²) in [6.07, 6.45) is 3.89. The zero-order valence-corrected chi connectivity index (χ0v) is 10.1. The molecule has 1 N–H and O–H groups in total. The maximum absolute atomic E-state index is 3.65. The highest BCUT2D eigenvalue weighted by atomic mass is 15.2. The summed E-state index contributed by atoms with van der Waals surface area (Å²) in [5.74, 6) is 0.865. The van der Waals surface area contributed by atoms with Crippen molar-refractivity contribution in [1.29, 1.82) is 0 Å². The number of likely N-dealkylation sites (tertiary alicyclic amines) is 1. The second kappa shape index (κ2) is 6.41. The van der Waals surface area contributed by atoms with E-state index in [1.54, 1.807) is 0 Å². The number of rotatable bonds is 5. The van der Waals surface area contributed by atoms with Crippen LogP contribution in [-0.4, -0.2) is 37.1 Å². The Balaban J connectivity index is 2.29. The van der Waals surface area contributed by atoms with E-state index in [1.165, 1.54) is 45.4 Å². The van der Waals surface area contributed by atoms with E-state index >= 15 is 0 Å². The molecule has 1 aliphatic rings. The van der Waals surface area contributed by atoms with E-state index in [2.05, 4.69) is 31.0 Å². The van der Waals surface area contributed by atoms with Gasteiger partial charge in [-0.25, -0.2) is 0 Å². The summed E-state index contributed by atoms with van der Waals surface area (Å²) >= 11 is 0. The molecule has 1 saturated heterocycles. The molecule has 0 aromatic carbocycles. The Kier molecular flexibility index (Phi) is 5.49. The highest BCUT2D eigenvalue weighted by Crippen LogP contribution is 2.16. The summed E-state index contributed by atoms with van der Waals surface area (Å²) in [4.78, 5) is 2.61. The number of nitrogens with one attached hydrogen (secondary N) is 1. The molecule has 84 valence electrons. The van der Waals surface area contributed by atoms with Crippen molar-refractivity contribution in [2.24, 2.45) is 5.92 Å². The molecule has 0 bridgehead atoms. The SMILES string of the molecule is CCCNC1CC(C)CN(CCC)C1. The smallest absolute Gasteiger partial charge is 0.0198 e. The average molecular weight is 198 g/mol. The van der Waals surface area contributed by atoms with Gasteiger partial charge in [-0.3, -0.25) is 0 Å². The molecule has 1 aliphatic heterocycles. The lowest BCUT2D eigenvalue weighted by Gasteiger charge is -2.36. The first-order valence-corrected chi connectivity index (χ1v) is 6.22. The number of hydrogen-bond acceptors (Lipinski definition) is 2. The lowest BCUT2D eigenvalue weighted by atomic mass is 9.96. The molecule has 0 spiro atoms. The van der Waals surface area contributed by atoms with E-state index < -0.39 is 0 Å². The van der Waals surface area contributed by atoms with E-state index in [1.807, 2.05) is 0 Å². The average Bonchev–Trinajstić information content (AvgIpc) is 2.14. The molecule has 1 fully saturated rings. The van der Waals surface area contributed by atoms with Gasteiger partial charge in [0.15, 0.2) is 0 Å². The molecular formula is C12H26N2. The van der Waals surface area contributed by atoms with Gasteiger partial charge in [0, 0.05) is 19.1 Å². The van der Waals surface area contributed by atoms with Crippen molar-refractivity contribution in [3.05, 3.63) is 0 Å². The fourth-order valence-corrected chi connectivity index (χ4v) is 2.46. The molecule has 0 aromatic rings. The summed E-state index contributed by atoms with van der Waals surface area (Å²) in [6.45, 7) is 11.9. The van der Waals surface area contributed by atoms with Crippen molar-refractivity contribution in [2.45, 2.75) is 46.1 Å². The molecule has 2 unspecified atom stereocenters. The van der Waals surface area contributed by atoms with E-state index in [4.69, 9.17) is 0 Å². The molecule has 1 heterocycles. The third kappa shape index (κ3) is 3.97. The van der Waals surface area contributed by atoms with Gasteiger partial charge in [-0.2, -0.15) is 0 Å². The minimum absolute atomic E-state index is 0.741. The van der Waals surface area contributed by atoms with Gasteiger partial charge < -0.3 is 10.2 Å². The van der Waals surface area contributed by atoms with Crippen LogP contribution in [0.2, 0.25) is 0 Å². The molecule has 1 rings (SSSR count). The van der Waals surface area contributed by atoms with Crippen LogP contribution in [0.25, 0.3) is 0 Å². The quantitative estimate of drug-likeness (QED) is 0.728. The predicted octanol–water partition coefficient (Wildman–Crippen LogP) is 2.11. The van der Waals surface area contributed by atoms with Crippen LogP contribution in [0, 0.1) is 5.92 Å². The fraction of sp³-hybridized carbons (Fsp3) is 1.00. The van der Waals surface area contributed by atoms with Gasteiger partial charge in [-0.15, -0.1) is 0 Å². The maximum Gasteiger partial charge on any atom is 0.0198 e.